The highest BCUT2D eigenvalue weighted by atomic mass is 16.5. The van der Waals surface area contributed by atoms with Crippen LogP contribution < -0.4 is 9.47 Å². The van der Waals surface area contributed by atoms with Gasteiger partial charge in [0.1, 0.15) is 17.2 Å². The molecular weight excluding hydrogens is 312 g/mol. The number of hydrogen-bond donors (Lipinski definition) is 1. The Hall–Kier alpha value is -2.16. The highest BCUT2D eigenvalue weighted by Gasteiger charge is 2.27. The Balaban J connectivity index is 2.82. The van der Waals surface area contributed by atoms with Crippen LogP contribution in [0.3, 0.4) is 0 Å². The number of hydrogen-bond acceptors (Lipinski definition) is 3. The quantitative estimate of drug-likeness (QED) is 0.781. The van der Waals surface area contributed by atoms with Crippen molar-refractivity contribution in [3.05, 3.63) is 41.5 Å². The molecule has 0 amide bonds. The summed E-state index contributed by atoms with van der Waals surface area (Å²) in [5.41, 5.74) is 3.73. The number of rotatable bonds is 3. The number of phenols is 1. The molecule has 25 heavy (non-hydrogen) atoms. The number of phenolic OH excluding ortho intramolecular Hbond substituents is 1. The van der Waals surface area contributed by atoms with Crippen LogP contribution in [0.2, 0.25) is 0 Å². The summed E-state index contributed by atoms with van der Waals surface area (Å²) >= 11 is 0. The largest absolute Gasteiger partial charge is 0.507 e. The predicted octanol–water partition coefficient (Wildman–Crippen LogP) is 5.67. The Morgan fingerprint density at radius 1 is 0.800 bits per heavy atom. The van der Waals surface area contributed by atoms with E-state index in [1.54, 1.807) is 14.2 Å². The number of methoxy groups -OCH3 is 2. The minimum Gasteiger partial charge on any atom is -0.507 e. The van der Waals surface area contributed by atoms with Crippen molar-refractivity contribution in [2.45, 2.75) is 52.4 Å². The summed E-state index contributed by atoms with van der Waals surface area (Å²) in [6.45, 7) is 12.9. The molecule has 0 atom stereocenters. The van der Waals surface area contributed by atoms with Crippen LogP contribution in [0, 0.1) is 0 Å². The molecule has 1 N–H and O–H groups in total. The Labute approximate surface area is 151 Å². The summed E-state index contributed by atoms with van der Waals surface area (Å²) in [6.07, 6.45) is 0. The maximum atomic E-state index is 10.9. The Kier molecular flexibility index (Phi) is 5.08. The van der Waals surface area contributed by atoms with Crippen molar-refractivity contribution >= 4 is 0 Å². The summed E-state index contributed by atoms with van der Waals surface area (Å²) in [7, 11) is 3.26. The van der Waals surface area contributed by atoms with Gasteiger partial charge in [0.2, 0.25) is 0 Å². The fourth-order valence-electron chi connectivity index (χ4n) is 2.94. The fourth-order valence-corrected chi connectivity index (χ4v) is 2.94. The van der Waals surface area contributed by atoms with Gasteiger partial charge in [0, 0.05) is 17.2 Å². The average Bonchev–Trinajstić information content (AvgIpc) is 2.51. The number of ether oxygens (including phenoxy) is 2. The first kappa shape index (κ1) is 19.2. The number of aromatic hydroxyl groups is 1. The fraction of sp³-hybridized carbons (Fsp3) is 0.455. The molecule has 0 aliphatic rings. The van der Waals surface area contributed by atoms with Gasteiger partial charge in [-0.05, 0) is 40.2 Å². The molecular formula is C22H30O3. The number of benzene rings is 2. The smallest absolute Gasteiger partial charge is 0.130 e. The van der Waals surface area contributed by atoms with Crippen molar-refractivity contribution in [3.63, 3.8) is 0 Å². The van der Waals surface area contributed by atoms with Gasteiger partial charge >= 0.3 is 0 Å². The van der Waals surface area contributed by atoms with Crippen LogP contribution in [0.5, 0.6) is 17.2 Å². The molecule has 0 aliphatic heterocycles. The van der Waals surface area contributed by atoms with E-state index in [1.807, 2.05) is 24.3 Å². The van der Waals surface area contributed by atoms with E-state index in [1.165, 1.54) is 0 Å². The molecule has 0 aliphatic carbocycles. The van der Waals surface area contributed by atoms with Gasteiger partial charge in [0.25, 0.3) is 0 Å². The zero-order chi connectivity index (χ0) is 19.0. The molecule has 0 spiro atoms. The third-order valence-electron chi connectivity index (χ3n) is 4.47. The van der Waals surface area contributed by atoms with Crippen LogP contribution >= 0.6 is 0 Å². The molecule has 136 valence electrons. The van der Waals surface area contributed by atoms with Crippen LogP contribution in [0.1, 0.15) is 52.7 Å². The molecule has 0 heterocycles. The van der Waals surface area contributed by atoms with Gasteiger partial charge in [-0.25, -0.2) is 0 Å². The van der Waals surface area contributed by atoms with Crippen molar-refractivity contribution in [1.82, 2.24) is 0 Å². The predicted molar refractivity (Wildman–Crippen MR) is 104 cm³/mol. The van der Waals surface area contributed by atoms with Gasteiger partial charge in [-0.1, -0.05) is 47.6 Å². The standard InChI is InChI=1S/C22H30O3/c1-21(2,3)14-11-17(22(4,5)6)20(18(23)12-14)16-10-9-15(24-7)13-19(16)25-8/h9-13,23H,1-8H3. The van der Waals surface area contributed by atoms with Gasteiger partial charge in [0.05, 0.1) is 14.2 Å². The molecule has 0 fully saturated rings. The van der Waals surface area contributed by atoms with Crippen LogP contribution in [-0.4, -0.2) is 19.3 Å². The van der Waals surface area contributed by atoms with Crippen molar-refractivity contribution in [2.24, 2.45) is 0 Å². The summed E-state index contributed by atoms with van der Waals surface area (Å²) < 4.78 is 10.9. The third-order valence-corrected chi connectivity index (χ3v) is 4.47. The highest BCUT2D eigenvalue weighted by Crippen LogP contribution is 2.45. The molecule has 0 saturated carbocycles. The van der Waals surface area contributed by atoms with E-state index in [0.717, 1.165) is 28.0 Å². The Morgan fingerprint density at radius 2 is 1.44 bits per heavy atom. The molecule has 2 aromatic rings. The van der Waals surface area contributed by atoms with Gasteiger partial charge in [-0.2, -0.15) is 0 Å². The second-order valence-corrected chi connectivity index (χ2v) is 8.48. The van der Waals surface area contributed by atoms with E-state index in [-0.39, 0.29) is 16.6 Å². The third kappa shape index (κ3) is 3.92. The van der Waals surface area contributed by atoms with Crippen LogP contribution in [0.25, 0.3) is 11.1 Å². The summed E-state index contributed by atoms with van der Waals surface area (Å²) in [5, 5.41) is 10.9. The lowest BCUT2D eigenvalue weighted by Crippen LogP contribution is -2.17. The Morgan fingerprint density at radius 3 is 1.92 bits per heavy atom. The average molecular weight is 342 g/mol. The zero-order valence-electron chi connectivity index (χ0n) is 16.7. The minimum absolute atomic E-state index is 0.0417. The first-order valence-corrected chi connectivity index (χ1v) is 8.59. The maximum Gasteiger partial charge on any atom is 0.130 e. The first-order chi connectivity index (χ1) is 11.5. The lowest BCUT2D eigenvalue weighted by Gasteiger charge is -2.29. The van der Waals surface area contributed by atoms with Gasteiger partial charge < -0.3 is 14.6 Å². The van der Waals surface area contributed by atoms with E-state index in [4.69, 9.17) is 9.47 Å². The van der Waals surface area contributed by atoms with Crippen molar-refractivity contribution in [1.29, 1.82) is 0 Å². The van der Waals surface area contributed by atoms with Gasteiger partial charge in [-0.3, -0.25) is 0 Å². The normalized spacial score (nSPS) is 12.2. The monoisotopic (exact) mass is 342 g/mol. The van der Waals surface area contributed by atoms with Gasteiger partial charge in [-0.15, -0.1) is 0 Å². The van der Waals surface area contributed by atoms with Crippen LogP contribution in [-0.2, 0) is 10.8 Å². The van der Waals surface area contributed by atoms with E-state index in [9.17, 15) is 5.11 Å². The summed E-state index contributed by atoms with van der Waals surface area (Å²) in [6, 6.07) is 9.76. The molecule has 0 aromatic heterocycles. The molecule has 3 nitrogen and oxygen atoms in total. The lowest BCUT2D eigenvalue weighted by molar-refractivity contribution is 0.395. The van der Waals surface area contributed by atoms with Crippen LogP contribution in [0.4, 0.5) is 0 Å². The van der Waals surface area contributed by atoms with E-state index in [0.29, 0.717) is 5.75 Å². The van der Waals surface area contributed by atoms with Gasteiger partial charge in [0.15, 0.2) is 0 Å². The summed E-state index contributed by atoms with van der Waals surface area (Å²) in [5.74, 6) is 1.69. The maximum absolute atomic E-state index is 10.9. The molecule has 2 aromatic carbocycles. The first-order valence-electron chi connectivity index (χ1n) is 8.59. The summed E-state index contributed by atoms with van der Waals surface area (Å²) in [4.78, 5) is 0. The van der Waals surface area contributed by atoms with E-state index in [2.05, 4.69) is 47.6 Å². The van der Waals surface area contributed by atoms with E-state index >= 15 is 0 Å². The van der Waals surface area contributed by atoms with Crippen molar-refractivity contribution in [3.8, 4) is 28.4 Å². The van der Waals surface area contributed by atoms with Crippen molar-refractivity contribution in [2.75, 3.05) is 14.2 Å². The lowest BCUT2D eigenvalue weighted by atomic mass is 9.76. The topological polar surface area (TPSA) is 38.7 Å². The highest BCUT2D eigenvalue weighted by molar-refractivity contribution is 5.80. The van der Waals surface area contributed by atoms with Crippen molar-refractivity contribution < 1.29 is 14.6 Å². The molecule has 0 radical (unpaired) electrons. The molecule has 0 bridgehead atoms. The van der Waals surface area contributed by atoms with E-state index < -0.39 is 0 Å². The second-order valence-electron chi connectivity index (χ2n) is 8.48. The molecule has 2 rings (SSSR count). The minimum atomic E-state index is -0.126. The molecule has 0 unspecified atom stereocenters. The Bertz CT molecular complexity index is 762. The second kappa shape index (κ2) is 6.62. The SMILES string of the molecule is COc1ccc(-c2c(O)cc(C(C)(C)C)cc2C(C)(C)C)c(OC)c1. The molecule has 0 saturated heterocycles. The van der Waals surface area contributed by atoms with Crippen LogP contribution in [0.15, 0.2) is 30.3 Å². The molecule has 3 heteroatoms. The zero-order valence-corrected chi connectivity index (χ0v) is 16.7.